The van der Waals surface area contributed by atoms with Gasteiger partial charge in [-0.3, -0.25) is 4.79 Å². The Morgan fingerprint density at radius 1 is 1.65 bits per heavy atom. The van der Waals surface area contributed by atoms with Crippen molar-refractivity contribution >= 4 is 21.8 Å². The quantitative estimate of drug-likeness (QED) is 0.816. The van der Waals surface area contributed by atoms with E-state index in [1.807, 2.05) is 13.8 Å². The fraction of sp³-hybridized carbons (Fsp3) is 0.636. The molecule has 17 heavy (non-hydrogen) atoms. The number of rotatable bonds is 6. The molecule has 1 amide bonds. The number of hydrogen-bond acceptors (Lipinski definition) is 4. The summed E-state index contributed by atoms with van der Waals surface area (Å²) in [5, 5.41) is 7.30. The van der Waals surface area contributed by atoms with Gasteiger partial charge >= 0.3 is 0 Å². The van der Waals surface area contributed by atoms with Crippen LogP contribution in [0, 0.1) is 5.92 Å². The van der Waals surface area contributed by atoms with Crippen molar-refractivity contribution < 1.29 is 14.1 Å². The van der Waals surface area contributed by atoms with E-state index in [0.29, 0.717) is 23.6 Å². The molecule has 0 radical (unpaired) electrons. The van der Waals surface area contributed by atoms with E-state index >= 15 is 0 Å². The van der Waals surface area contributed by atoms with Crippen molar-refractivity contribution in [1.82, 2.24) is 10.5 Å². The van der Waals surface area contributed by atoms with Crippen molar-refractivity contribution in [1.29, 1.82) is 0 Å². The first-order valence-electron chi connectivity index (χ1n) is 5.39. The molecule has 1 rings (SSSR count). The number of halogens is 1. The smallest absolute Gasteiger partial charge is 0.273 e. The molecule has 0 aromatic carbocycles. The lowest BCUT2D eigenvalue weighted by Gasteiger charge is -2.18. The van der Waals surface area contributed by atoms with Gasteiger partial charge in [0.15, 0.2) is 11.5 Å². The van der Waals surface area contributed by atoms with Gasteiger partial charge in [-0.25, -0.2) is 0 Å². The lowest BCUT2D eigenvalue weighted by molar-refractivity contribution is 0.0922. The van der Waals surface area contributed by atoms with Gasteiger partial charge in [-0.1, -0.05) is 34.9 Å². The Kier molecular flexibility index (Phi) is 5.64. The van der Waals surface area contributed by atoms with Gasteiger partial charge in [-0.15, -0.1) is 0 Å². The molecule has 1 unspecified atom stereocenters. The van der Waals surface area contributed by atoms with Crippen LogP contribution in [0.5, 0.6) is 0 Å². The lowest BCUT2D eigenvalue weighted by Crippen LogP contribution is -2.39. The topological polar surface area (TPSA) is 64.4 Å². The van der Waals surface area contributed by atoms with Crippen LogP contribution in [0.4, 0.5) is 0 Å². The average molecular weight is 305 g/mol. The summed E-state index contributed by atoms with van der Waals surface area (Å²) in [4.78, 5) is 11.8. The molecule has 1 heterocycles. The maximum absolute atomic E-state index is 11.8. The van der Waals surface area contributed by atoms with E-state index in [0.717, 1.165) is 0 Å². The monoisotopic (exact) mass is 304 g/mol. The summed E-state index contributed by atoms with van der Waals surface area (Å²) in [5.74, 6) is 0.663. The summed E-state index contributed by atoms with van der Waals surface area (Å²) in [6.45, 7) is 4.41. The van der Waals surface area contributed by atoms with Gasteiger partial charge < -0.3 is 14.6 Å². The Hall–Kier alpha value is -0.880. The zero-order valence-corrected chi connectivity index (χ0v) is 11.8. The molecule has 96 valence electrons. The zero-order valence-electron chi connectivity index (χ0n) is 10.2. The van der Waals surface area contributed by atoms with Gasteiger partial charge in [0.2, 0.25) is 0 Å². The molecular weight excluding hydrogens is 288 g/mol. The highest BCUT2D eigenvalue weighted by atomic mass is 79.9. The number of nitrogens with zero attached hydrogens (tertiary/aromatic N) is 1. The predicted molar refractivity (Wildman–Crippen MR) is 67.1 cm³/mol. The minimum Gasteiger partial charge on any atom is -0.377 e. The first kappa shape index (κ1) is 14.2. The van der Waals surface area contributed by atoms with Gasteiger partial charge in [0.25, 0.3) is 5.91 Å². The van der Waals surface area contributed by atoms with Crippen molar-refractivity contribution in [3.8, 4) is 0 Å². The predicted octanol–water partition coefficient (Wildman–Crippen LogP) is 1.97. The highest BCUT2D eigenvalue weighted by molar-refractivity contribution is 9.09. The van der Waals surface area contributed by atoms with Crippen molar-refractivity contribution in [3.63, 3.8) is 0 Å². The fourth-order valence-corrected chi connectivity index (χ4v) is 2.17. The number of aromatic nitrogens is 1. The van der Waals surface area contributed by atoms with Crippen LogP contribution in [-0.4, -0.2) is 29.5 Å². The largest absolute Gasteiger partial charge is 0.377 e. The normalized spacial score (nSPS) is 12.8. The Morgan fingerprint density at radius 2 is 2.35 bits per heavy atom. The summed E-state index contributed by atoms with van der Waals surface area (Å²) >= 11 is 3.37. The third kappa shape index (κ3) is 4.12. The average Bonchev–Trinajstić information content (AvgIpc) is 2.74. The van der Waals surface area contributed by atoms with Gasteiger partial charge in [0.1, 0.15) is 6.61 Å². The van der Waals surface area contributed by atoms with Crippen LogP contribution < -0.4 is 5.32 Å². The molecule has 0 saturated carbocycles. The second-order valence-electron chi connectivity index (χ2n) is 4.09. The third-order valence-electron chi connectivity index (χ3n) is 2.37. The standard InChI is InChI=1S/C11H17BrN2O3/c1-7(2)10(5-12)13-11(15)9-4-8(6-16-3)17-14-9/h4,7,10H,5-6H2,1-3H3,(H,13,15). The van der Waals surface area contributed by atoms with E-state index < -0.39 is 0 Å². The minimum absolute atomic E-state index is 0.0741. The molecule has 0 aliphatic rings. The fourth-order valence-electron chi connectivity index (χ4n) is 1.26. The molecule has 1 aromatic rings. The molecule has 0 aliphatic heterocycles. The highest BCUT2D eigenvalue weighted by Crippen LogP contribution is 2.08. The second-order valence-corrected chi connectivity index (χ2v) is 4.74. The van der Waals surface area contributed by atoms with Gasteiger partial charge in [0, 0.05) is 24.5 Å². The first-order chi connectivity index (χ1) is 8.08. The lowest BCUT2D eigenvalue weighted by atomic mass is 10.1. The first-order valence-corrected chi connectivity index (χ1v) is 6.52. The Bertz CT molecular complexity index is 365. The molecule has 5 nitrogen and oxygen atoms in total. The summed E-state index contributed by atoms with van der Waals surface area (Å²) in [6, 6.07) is 1.66. The van der Waals surface area contributed by atoms with Crippen LogP contribution in [0.3, 0.4) is 0 Å². The van der Waals surface area contributed by atoms with Crippen molar-refractivity contribution in [2.45, 2.75) is 26.5 Å². The Morgan fingerprint density at radius 3 is 2.88 bits per heavy atom. The van der Waals surface area contributed by atoms with Crippen molar-refractivity contribution in [3.05, 3.63) is 17.5 Å². The summed E-state index contributed by atoms with van der Waals surface area (Å²) < 4.78 is 9.84. The van der Waals surface area contributed by atoms with E-state index in [4.69, 9.17) is 9.26 Å². The van der Waals surface area contributed by atoms with E-state index in [-0.39, 0.29) is 17.6 Å². The van der Waals surface area contributed by atoms with E-state index in [9.17, 15) is 4.79 Å². The minimum atomic E-state index is -0.228. The molecular formula is C11H17BrN2O3. The molecule has 0 saturated heterocycles. The number of carbonyl (C=O) groups is 1. The second kappa shape index (κ2) is 6.76. The van der Waals surface area contributed by atoms with Crippen LogP contribution in [0.1, 0.15) is 30.1 Å². The van der Waals surface area contributed by atoms with E-state index in [1.165, 1.54) is 0 Å². The third-order valence-corrected chi connectivity index (χ3v) is 3.06. The van der Waals surface area contributed by atoms with Crippen LogP contribution in [-0.2, 0) is 11.3 Å². The van der Waals surface area contributed by atoms with Crippen LogP contribution in [0.15, 0.2) is 10.6 Å². The van der Waals surface area contributed by atoms with Gasteiger partial charge in [0.05, 0.1) is 0 Å². The Labute approximate surface area is 109 Å². The zero-order chi connectivity index (χ0) is 12.8. The molecule has 0 aliphatic carbocycles. The van der Waals surface area contributed by atoms with Crippen molar-refractivity contribution in [2.24, 2.45) is 5.92 Å². The molecule has 1 N–H and O–H groups in total. The number of ether oxygens (including phenoxy) is 1. The summed E-state index contributed by atoms with van der Waals surface area (Å²) in [5.41, 5.74) is 0.281. The molecule has 6 heteroatoms. The number of alkyl halides is 1. The van der Waals surface area contributed by atoms with Crippen LogP contribution >= 0.6 is 15.9 Å². The SMILES string of the molecule is COCc1cc(C(=O)NC(CBr)C(C)C)no1. The van der Waals surface area contributed by atoms with E-state index in [1.54, 1.807) is 13.2 Å². The van der Waals surface area contributed by atoms with Crippen LogP contribution in [0.2, 0.25) is 0 Å². The molecule has 1 atom stereocenters. The number of nitrogens with one attached hydrogen (secondary N) is 1. The maximum atomic E-state index is 11.8. The summed E-state index contributed by atoms with van der Waals surface area (Å²) in [7, 11) is 1.56. The molecule has 0 fully saturated rings. The summed E-state index contributed by atoms with van der Waals surface area (Å²) in [6.07, 6.45) is 0. The number of hydrogen-bond donors (Lipinski definition) is 1. The number of carbonyl (C=O) groups excluding carboxylic acids is 1. The van der Waals surface area contributed by atoms with Crippen molar-refractivity contribution in [2.75, 3.05) is 12.4 Å². The number of methoxy groups -OCH3 is 1. The molecule has 0 spiro atoms. The molecule has 0 bridgehead atoms. The van der Waals surface area contributed by atoms with Gasteiger partial charge in [-0.05, 0) is 5.92 Å². The number of amides is 1. The maximum Gasteiger partial charge on any atom is 0.273 e. The van der Waals surface area contributed by atoms with E-state index in [2.05, 4.69) is 26.4 Å². The van der Waals surface area contributed by atoms with Gasteiger partial charge in [-0.2, -0.15) is 0 Å². The Balaban J connectivity index is 2.62. The molecule has 1 aromatic heterocycles. The van der Waals surface area contributed by atoms with Crippen LogP contribution in [0.25, 0.3) is 0 Å². The highest BCUT2D eigenvalue weighted by Gasteiger charge is 2.18.